The molecule has 0 spiro atoms. The Morgan fingerprint density at radius 2 is 1.35 bits per heavy atom. The Morgan fingerprint density at radius 3 is 2.06 bits per heavy atom. The molecule has 0 saturated carbocycles. The normalized spacial score (nSPS) is 21.8. The molecule has 1 unspecified atom stereocenters. The highest BCUT2D eigenvalue weighted by Crippen LogP contribution is 2.26. The van der Waals surface area contributed by atoms with Gasteiger partial charge < -0.3 is 14.5 Å². The third kappa shape index (κ3) is 5.81. The molecule has 0 aromatic heterocycles. The fraction of sp³-hybridized carbons (Fsp3) is 0.552. The van der Waals surface area contributed by atoms with E-state index in [1.807, 2.05) is 12.1 Å². The maximum absolute atomic E-state index is 13.2. The average Bonchev–Trinajstić information content (AvgIpc) is 3.58. The minimum Gasteiger partial charge on any atom is -0.492 e. The summed E-state index contributed by atoms with van der Waals surface area (Å²) < 4.78 is 5.97. The van der Waals surface area contributed by atoms with Crippen molar-refractivity contribution in [2.45, 2.75) is 51.0 Å². The molecule has 5 nitrogen and oxygen atoms in total. The molecule has 0 bridgehead atoms. The first-order valence-electron chi connectivity index (χ1n) is 13.4. The zero-order valence-electron chi connectivity index (χ0n) is 20.5. The van der Waals surface area contributed by atoms with E-state index in [0.29, 0.717) is 6.04 Å². The zero-order chi connectivity index (χ0) is 23.2. The number of carbonyl (C=O) groups excluding carboxylic acids is 1. The van der Waals surface area contributed by atoms with Crippen LogP contribution in [-0.2, 0) is 0 Å². The molecule has 5 heteroatoms. The molecule has 1 amide bonds. The second kappa shape index (κ2) is 11.4. The van der Waals surface area contributed by atoms with Gasteiger partial charge in [-0.15, -0.1) is 0 Å². The van der Waals surface area contributed by atoms with Crippen molar-refractivity contribution in [2.75, 3.05) is 52.4 Å². The molecule has 0 N–H and O–H groups in total. The number of ether oxygens (including phenoxy) is 1. The summed E-state index contributed by atoms with van der Waals surface area (Å²) in [6.45, 7) is 8.47. The quantitative estimate of drug-likeness (QED) is 0.559. The standard InChI is InChI=1S/C29H39N3O2/c33-29(32-20-6-7-27(32)23-31-18-4-5-19-31)26-10-8-24(9-11-26)25-12-14-28(15-13-25)34-22-21-30-16-2-1-3-17-30/h8-15,27H,1-7,16-23H2. The van der Waals surface area contributed by atoms with Crippen LogP contribution in [0.1, 0.15) is 55.3 Å². The van der Waals surface area contributed by atoms with Crippen LogP contribution >= 0.6 is 0 Å². The summed E-state index contributed by atoms with van der Waals surface area (Å²) in [4.78, 5) is 20.4. The Bertz CT molecular complexity index is 915. The van der Waals surface area contributed by atoms with Gasteiger partial charge in [-0.3, -0.25) is 9.69 Å². The topological polar surface area (TPSA) is 36.0 Å². The number of piperidine rings is 1. The van der Waals surface area contributed by atoms with E-state index in [-0.39, 0.29) is 5.91 Å². The monoisotopic (exact) mass is 461 g/mol. The van der Waals surface area contributed by atoms with Gasteiger partial charge >= 0.3 is 0 Å². The fourth-order valence-corrected chi connectivity index (χ4v) is 5.75. The first kappa shape index (κ1) is 23.4. The molecule has 1 atom stereocenters. The van der Waals surface area contributed by atoms with Gasteiger partial charge in [-0.05, 0) is 100 Å². The number of hydrogen-bond donors (Lipinski definition) is 0. The maximum atomic E-state index is 13.2. The number of hydrogen-bond acceptors (Lipinski definition) is 4. The van der Waals surface area contributed by atoms with Gasteiger partial charge in [0.1, 0.15) is 12.4 Å². The molecule has 34 heavy (non-hydrogen) atoms. The SMILES string of the molecule is O=C(c1ccc(-c2ccc(OCCN3CCCCC3)cc2)cc1)N1CCCC1CN1CCCC1. The number of rotatable bonds is 8. The summed E-state index contributed by atoms with van der Waals surface area (Å²) in [5, 5.41) is 0. The van der Waals surface area contributed by atoms with Crippen LogP contribution in [0.2, 0.25) is 0 Å². The van der Waals surface area contributed by atoms with Crippen molar-refractivity contribution in [1.82, 2.24) is 14.7 Å². The summed E-state index contributed by atoms with van der Waals surface area (Å²) in [7, 11) is 0. The van der Waals surface area contributed by atoms with Gasteiger partial charge in [-0.25, -0.2) is 0 Å². The lowest BCUT2D eigenvalue weighted by atomic mass is 10.0. The lowest BCUT2D eigenvalue weighted by molar-refractivity contribution is 0.0709. The lowest BCUT2D eigenvalue weighted by Gasteiger charge is -2.28. The molecule has 0 aliphatic carbocycles. The molecule has 3 heterocycles. The highest BCUT2D eigenvalue weighted by molar-refractivity contribution is 5.95. The van der Waals surface area contributed by atoms with Gasteiger partial charge in [0.15, 0.2) is 0 Å². The van der Waals surface area contributed by atoms with Gasteiger partial charge in [0, 0.05) is 31.2 Å². The Labute approximate surface area is 204 Å². The van der Waals surface area contributed by atoms with E-state index in [0.717, 1.165) is 61.5 Å². The lowest BCUT2D eigenvalue weighted by Crippen LogP contribution is -2.42. The summed E-state index contributed by atoms with van der Waals surface area (Å²) in [5.41, 5.74) is 3.08. The first-order chi connectivity index (χ1) is 16.8. The molecule has 5 rings (SSSR count). The van der Waals surface area contributed by atoms with Gasteiger partial charge in [0.2, 0.25) is 0 Å². The van der Waals surface area contributed by atoms with Crippen LogP contribution in [-0.4, -0.2) is 79.1 Å². The molecule has 2 aromatic carbocycles. The minimum absolute atomic E-state index is 0.186. The number of nitrogens with zero attached hydrogens (tertiary/aromatic N) is 3. The van der Waals surface area contributed by atoms with E-state index in [1.54, 1.807) is 0 Å². The number of likely N-dealkylation sites (tertiary alicyclic amines) is 3. The third-order valence-electron chi connectivity index (χ3n) is 7.75. The van der Waals surface area contributed by atoms with Crippen LogP contribution < -0.4 is 4.74 Å². The number of benzene rings is 2. The molecule has 3 aliphatic heterocycles. The molecule has 182 valence electrons. The second-order valence-electron chi connectivity index (χ2n) is 10.2. The van der Waals surface area contributed by atoms with Crippen molar-refractivity contribution >= 4 is 5.91 Å². The van der Waals surface area contributed by atoms with Crippen LogP contribution in [0.5, 0.6) is 5.75 Å². The minimum atomic E-state index is 0.186. The van der Waals surface area contributed by atoms with Crippen LogP contribution in [0.25, 0.3) is 11.1 Å². The van der Waals surface area contributed by atoms with E-state index < -0.39 is 0 Å². The smallest absolute Gasteiger partial charge is 0.254 e. The number of carbonyl (C=O) groups is 1. The van der Waals surface area contributed by atoms with Crippen LogP contribution in [0.3, 0.4) is 0 Å². The van der Waals surface area contributed by atoms with E-state index >= 15 is 0 Å². The van der Waals surface area contributed by atoms with E-state index in [1.165, 1.54) is 58.3 Å². The van der Waals surface area contributed by atoms with Crippen molar-refractivity contribution in [3.8, 4) is 16.9 Å². The fourth-order valence-electron chi connectivity index (χ4n) is 5.75. The van der Waals surface area contributed by atoms with Gasteiger partial charge in [0.25, 0.3) is 5.91 Å². The van der Waals surface area contributed by atoms with Gasteiger partial charge in [-0.2, -0.15) is 0 Å². The van der Waals surface area contributed by atoms with E-state index in [2.05, 4.69) is 51.1 Å². The second-order valence-corrected chi connectivity index (χ2v) is 10.2. The van der Waals surface area contributed by atoms with Gasteiger partial charge in [0.05, 0.1) is 0 Å². The van der Waals surface area contributed by atoms with E-state index in [9.17, 15) is 4.79 Å². The van der Waals surface area contributed by atoms with Crippen LogP contribution in [0.15, 0.2) is 48.5 Å². The van der Waals surface area contributed by atoms with Crippen molar-refractivity contribution in [3.05, 3.63) is 54.1 Å². The predicted octanol–water partition coefficient (Wildman–Crippen LogP) is 4.92. The third-order valence-corrected chi connectivity index (χ3v) is 7.75. The Morgan fingerprint density at radius 1 is 0.735 bits per heavy atom. The number of amides is 1. The Hall–Kier alpha value is -2.37. The highest BCUT2D eigenvalue weighted by atomic mass is 16.5. The zero-order valence-corrected chi connectivity index (χ0v) is 20.5. The summed E-state index contributed by atoms with van der Waals surface area (Å²) in [6, 6.07) is 16.8. The molecule has 3 aliphatic rings. The maximum Gasteiger partial charge on any atom is 0.254 e. The average molecular weight is 462 g/mol. The van der Waals surface area contributed by atoms with Crippen molar-refractivity contribution in [1.29, 1.82) is 0 Å². The molecular weight excluding hydrogens is 422 g/mol. The van der Waals surface area contributed by atoms with Crippen LogP contribution in [0, 0.1) is 0 Å². The Kier molecular flexibility index (Phi) is 7.82. The molecule has 3 fully saturated rings. The van der Waals surface area contributed by atoms with Crippen molar-refractivity contribution < 1.29 is 9.53 Å². The molecule has 3 saturated heterocycles. The first-order valence-corrected chi connectivity index (χ1v) is 13.4. The molecular formula is C29H39N3O2. The Balaban J connectivity index is 1.14. The molecule has 2 aromatic rings. The van der Waals surface area contributed by atoms with E-state index in [4.69, 9.17) is 4.74 Å². The van der Waals surface area contributed by atoms with Crippen LogP contribution in [0.4, 0.5) is 0 Å². The predicted molar refractivity (Wildman–Crippen MR) is 137 cm³/mol. The van der Waals surface area contributed by atoms with Crippen molar-refractivity contribution in [3.63, 3.8) is 0 Å². The summed E-state index contributed by atoms with van der Waals surface area (Å²) in [6.07, 6.45) is 8.85. The van der Waals surface area contributed by atoms with Crippen molar-refractivity contribution in [2.24, 2.45) is 0 Å². The largest absolute Gasteiger partial charge is 0.492 e. The molecule has 0 radical (unpaired) electrons. The van der Waals surface area contributed by atoms with Gasteiger partial charge in [-0.1, -0.05) is 30.7 Å². The summed E-state index contributed by atoms with van der Waals surface area (Å²) in [5.74, 6) is 1.11. The summed E-state index contributed by atoms with van der Waals surface area (Å²) >= 11 is 0. The highest BCUT2D eigenvalue weighted by Gasteiger charge is 2.31.